The summed E-state index contributed by atoms with van der Waals surface area (Å²) in [5.74, 6) is -10.5. The molecule has 0 radical (unpaired) electrons. The topological polar surface area (TPSA) is 46.5 Å². The van der Waals surface area contributed by atoms with Gasteiger partial charge >= 0.3 is 17.8 Å². The molecule has 0 unspecified atom stereocenters. The molecular formula is C13H12F4O3. The molecule has 7 heteroatoms. The Kier molecular flexibility index (Phi) is 3.19. The first-order valence-corrected chi connectivity index (χ1v) is 5.91. The zero-order chi connectivity index (χ0) is 15.2. The number of carboxylic acids is 1. The van der Waals surface area contributed by atoms with Crippen LogP contribution in [0.25, 0.3) is 0 Å². The van der Waals surface area contributed by atoms with Crippen molar-refractivity contribution < 1.29 is 32.2 Å². The molecule has 0 saturated heterocycles. The molecule has 1 aromatic carbocycles. The molecule has 1 aromatic rings. The lowest BCUT2D eigenvalue weighted by molar-refractivity contribution is -0.322. The fourth-order valence-corrected chi connectivity index (χ4v) is 2.38. The molecule has 110 valence electrons. The minimum Gasteiger partial charge on any atom is -0.494 e. The molecule has 0 aromatic heterocycles. The van der Waals surface area contributed by atoms with Crippen molar-refractivity contribution in [2.24, 2.45) is 0 Å². The number of carbonyl (C=O) groups is 1. The van der Waals surface area contributed by atoms with Gasteiger partial charge in [0.25, 0.3) is 0 Å². The Morgan fingerprint density at radius 1 is 1.25 bits per heavy atom. The summed E-state index contributed by atoms with van der Waals surface area (Å²) >= 11 is 0. The molecule has 1 atom stereocenters. The van der Waals surface area contributed by atoms with E-state index in [1.54, 1.807) is 6.92 Å². The van der Waals surface area contributed by atoms with Crippen molar-refractivity contribution in [2.75, 3.05) is 6.61 Å². The number of hydrogen-bond acceptors (Lipinski definition) is 2. The fourth-order valence-electron chi connectivity index (χ4n) is 2.38. The normalized spacial score (nSPS) is 26.6. The maximum atomic E-state index is 13.7. The monoisotopic (exact) mass is 292 g/mol. The molecule has 0 bridgehead atoms. The number of carboxylic acid groups (broad SMARTS) is 1. The van der Waals surface area contributed by atoms with Crippen LogP contribution < -0.4 is 4.74 Å². The Morgan fingerprint density at radius 3 is 2.15 bits per heavy atom. The second-order valence-electron chi connectivity index (χ2n) is 4.62. The van der Waals surface area contributed by atoms with Crippen molar-refractivity contribution >= 4 is 5.97 Å². The number of aliphatic carboxylic acids is 1. The molecule has 1 aliphatic carbocycles. The molecular weight excluding hydrogens is 280 g/mol. The zero-order valence-electron chi connectivity index (χ0n) is 10.5. The molecule has 0 heterocycles. The lowest BCUT2D eigenvalue weighted by atomic mass is 9.58. The highest BCUT2D eigenvalue weighted by molar-refractivity contribution is 5.85. The highest BCUT2D eigenvalue weighted by atomic mass is 19.3. The molecule has 0 spiro atoms. The van der Waals surface area contributed by atoms with Crippen molar-refractivity contribution in [1.82, 2.24) is 0 Å². The van der Waals surface area contributed by atoms with Crippen molar-refractivity contribution in [1.29, 1.82) is 0 Å². The first-order chi connectivity index (χ1) is 9.19. The highest BCUT2D eigenvalue weighted by Crippen LogP contribution is 2.64. The summed E-state index contributed by atoms with van der Waals surface area (Å²) in [6, 6.07) is 4.75. The van der Waals surface area contributed by atoms with Gasteiger partial charge in [-0.2, -0.15) is 17.6 Å². The number of ether oxygens (including phenoxy) is 1. The molecule has 1 N–H and O–H groups in total. The van der Waals surface area contributed by atoms with E-state index in [0.717, 1.165) is 12.1 Å². The van der Waals surface area contributed by atoms with E-state index in [2.05, 4.69) is 0 Å². The molecule has 20 heavy (non-hydrogen) atoms. The van der Waals surface area contributed by atoms with Gasteiger partial charge in [0, 0.05) is 6.42 Å². The Balaban J connectivity index is 2.44. The van der Waals surface area contributed by atoms with Gasteiger partial charge in [0.05, 0.1) is 6.61 Å². The first-order valence-electron chi connectivity index (χ1n) is 5.91. The van der Waals surface area contributed by atoms with Crippen LogP contribution in [0.5, 0.6) is 5.75 Å². The van der Waals surface area contributed by atoms with E-state index >= 15 is 0 Å². The van der Waals surface area contributed by atoms with Crippen LogP contribution in [-0.2, 0) is 10.2 Å². The second kappa shape index (κ2) is 4.36. The quantitative estimate of drug-likeness (QED) is 0.867. The van der Waals surface area contributed by atoms with E-state index in [1.165, 1.54) is 12.1 Å². The fraction of sp³-hybridized carbons (Fsp3) is 0.462. The number of alkyl halides is 4. The minimum atomic E-state index is -4.63. The van der Waals surface area contributed by atoms with Gasteiger partial charge in [-0.3, -0.25) is 4.79 Å². The highest BCUT2D eigenvalue weighted by Gasteiger charge is 2.84. The Labute approximate surface area is 112 Å². The predicted octanol–water partition coefficient (Wildman–Crippen LogP) is 3.08. The lowest BCUT2D eigenvalue weighted by Gasteiger charge is -2.51. The van der Waals surface area contributed by atoms with Gasteiger partial charge in [-0.1, -0.05) is 12.1 Å². The first kappa shape index (κ1) is 14.6. The van der Waals surface area contributed by atoms with E-state index in [0.29, 0.717) is 12.4 Å². The van der Waals surface area contributed by atoms with E-state index in [-0.39, 0.29) is 5.56 Å². The molecule has 3 nitrogen and oxygen atoms in total. The van der Waals surface area contributed by atoms with Gasteiger partial charge < -0.3 is 9.84 Å². The molecule has 2 rings (SSSR count). The summed E-state index contributed by atoms with van der Waals surface area (Å²) in [7, 11) is 0. The summed E-state index contributed by atoms with van der Waals surface area (Å²) in [5, 5.41) is 9.03. The van der Waals surface area contributed by atoms with E-state index in [4.69, 9.17) is 9.84 Å². The third-order valence-electron chi connectivity index (χ3n) is 3.51. The van der Waals surface area contributed by atoms with Gasteiger partial charge in [-0.15, -0.1) is 0 Å². The lowest BCUT2D eigenvalue weighted by Crippen LogP contribution is -2.72. The average Bonchev–Trinajstić information content (AvgIpc) is 2.36. The summed E-state index contributed by atoms with van der Waals surface area (Å²) in [6.45, 7) is 2.06. The Morgan fingerprint density at radius 2 is 1.80 bits per heavy atom. The zero-order valence-corrected chi connectivity index (χ0v) is 10.5. The van der Waals surface area contributed by atoms with Gasteiger partial charge in [0.1, 0.15) is 5.75 Å². The average molecular weight is 292 g/mol. The number of halogens is 4. The Hall–Kier alpha value is -1.79. The third kappa shape index (κ3) is 1.68. The maximum absolute atomic E-state index is 13.7. The van der Waals surface area contributed by atoms with Gasteiger partial charge in [-0.25, -0.2) is 0 Å². The number of hydrogen-bond donors (Lipinski definition) is 1. The van der Waals surface area contributed by atoms with Crippen LogP contribution in [0.15, 0.2) is 24.3 Å². The van der Waals surface area contributed by atoms with Crippen molar-refractivity contribution in [3.8, 4) is 5.75 Å². The van der Waals surface area contributed by atoms with E-state index in [9.17, 15) is 22.4 Å². The summed E-state index contributed by atoms with van der Waals surface area (Å²) in [5.41, 5.74) is -3.24. The maximum Gasteiger partial charge on any atom is 0.330 e. The molecule has 1 aliphatic rings. The van der Waals surface area contributed by atoms with Crippen LogP contribution in [0.1, 0.15) is 18.9 Å². The number of benzene rings is 1. The molecule has 0 amide bonds. The van der Waals surface area contributed by atoms with Crippen LogP contribution in [0.3, 0.4) is 0 Å². The van der Waals surface area contributed by atoms with Crippen LogP contribution in [0.4, 0.5) is 17.6 Å². The molecule has 0 aliphatic heterocycles. The largest absolute Gasteiger partial charge is 0.494 e. The minimum absolute atomic E-state index is 0.345. The van der Waals surface area contributed by atoms with Gasteiger partial charge in [0.2, 0.25) is 0 Å². The second-order valence-corrected chi connectivity index (χ2v) is 4.62. The van der Waals surface area contributed by atoms with Crippen LogP contribution in [0.2, 0.25) is 0 Å². The van der Waals surface area contributed by atoms with Crippen molar-refractivity contribution in [2.45, 2.75) is 30.6 Å². The van der Waals surface area contributed by atoms with Gasteiger partial charge in [0.15, 0.2) is 5.41 Å². The predicted molar refractivity (Wildman–Crippen MR) is 61.4 cm³/mol. The van der Waals surface area contributed by atoms with Gasteiger partial charge in [-0.05, 0) is 24.6 Å². The molecule has 1 fully saturated rings. The molecule has 1 saturated carbocycles. The van der Waals surface area contributed by atoms with Crippen LogP contribution in [0, 0.1) is 0 Å². The van der Waals surface area contributed by atoms with Crippen LogP contribution >= 0.6 is 0 Å². The van der Waals surface area contributed by atoms with Crippen molar-refractivity contribution in [3.05, 3.63) is 29.8 Å². The van der Waals surface area contributed by atoms with Crippen molar-refractivity contribution in [3.63, 3.8) is 0 Å². The van der Waals surface area contributed by atoms with E-state index in [1.807, 2.05) is 0 Å². The smallest absolute Gasteiger partial charge is 0.330 e. The van der Waals surface area contributed by atoms with E-state index < -0.39 is 29.7 Å². The standard InChI is InChI=1S/C13H12F4O3/c1-2-20-9-5-3-8(4-6-9)11(10(18)19)7-12(14,15)13(11,16)17/h3-6H,2,7H2,1H3,(H,18,19)/t11-/m1/s1. The summed E-state index contributed by atoms with van der Waals surface area (Å²) in [6.07, 6.45) is -1.42. The summed E-state index contributed by atoms with van der Waals surface area (Å²) < 4.78 is 58.5. The third-order valence-corrected chi connectivity index (χ3v) is 3.51. The Bertz CT molecular complexity index is 527. The van der Waals surface area contributed by atoms with Crippen LogP contribution in [-0.4, -0.2) is 29.5 Å². The number of rotatable bonds is 4. The summed E-state index contributed by atoms with van der Waals surface area (Å²) in [4.78, 5) is 11.2. The SMILES string of the molecule is CCOc1ccc([C@@]2(C(=O)O)CC(F)(F)C2(F)F)cc1.